The van der Waals surface area contributed by atoms with Gasteiger partial charge in [0.25, 0.3) is 0 Å². The van der Waals surface area contributed by atoms with Crippen LogP contribution in [-0.2, 0) is 4.79 Å². The average Bonchev–Trinajstić information content (AvgIpc) is 2.76. The van der Waals surface area contributed by atoms with Crippen LogP contribution in [0.1, 0.15) is 25.7 Å². The van der Waals surface area contributed by atoms with Crippen molar-refractivity contribution in [3.63, 3.8) is 0 Å². The Bertz CT molecular complexity index is 527. The first-order valence-corrected chi connectivity index (χ1v) is 6.49. The first-order valence-electron chi connectivity index (χ1n) is 6.49. The van der Waals surface area contributed by atoms with Crippen LogP contribution in [0.4, 0.5) is 27.6 Å². The van der Waals surface area contributed by atoms with Gasteiger partial charge in [0, 0.05) is 0 Å². The highest BCUT2D eigenvalue weighted by Gasteiger charge is 2.28. The van der Waals surface area contributed by atoms with Gasteiger partial charge in [-0.3, -0.25) is 4.79 Å². The number of amides is 1. The molecule has 0 bridgehead atoms. The van der Waals surface area contributed by atoms with E-state index in [0.717, 1.165) is 19.3 Å². The SMILES string of the molecule is O=C(Nc1c(F)c(F)c(F)c(F)c1F)C1CCCCCN1. The molecule has 21 heavy (non-hydrogen) atoms. The standard InChI is InChI=1S/C13H13F5N2O/c14-7-8(15)10(17)12(11(18)9(7)16)20-13(21)6-4-2-1-3-5-19-6/h6,19H,1-5H2,(H,20,21). The zero-order chi connectivity index (χ0) is 15.6. The summed E-state index contributed by atoms with van der Waals surface area (Å²) in [6.07, 6.45) is 2.93. The summed E-state index contributed by atoms with van der Waals surface area (Å²) in [5, 5.41) is 4.65. The van der Waals surface area contributed by atoms with Crippen molar-refractivity contribution in [1.29, 1.82) is 0 Å². The lowest BCUT2D eigenvalue weighted by Crippen LogP contribution is -2.40. The van der Waals surface area contributed by atoms with Gasteiger partial charge >= 0.3 is 0 Å². The summed E-state index contributed by atoms with van der Waals surface area (Å²) in [5.74, 6) is -11.3. The second-order valence-electron chi connectivity index (χ2n) is 4.79. The highest BCUT2D eigenvalue weighted by molar-refractivity contribution is 5.95. The number of anilines is 1. The maximum absolute atomic E-state index is 13.5. The van der Waals surface area contributed by atoms with Gasteiger partial charge in [-0.2, -0.15) is 0 Å². The lowest BCUT2D eigenvalue weighted by atomic mass is 10.1. The summed E-state index contributed by atoms with van der Waals surface area (Å²) in [5.41, 5.74) is -1.32. The minimum absolute atomic E-state index is 0.432. The van der Waals surface area contributed by atoms with Crippen molar-refractivity contribution in [3.8, 4) is 0 Å². The molecule has 1 amide bonds. The van der Waals surface area contributed by atoms with Crippen molar-refractivity contribution in [2.24, 2.45) is 0 Å². The number of halogens is 5. The van der Waals surface area contributed by atoms with Crippen LogP contribution in [0.5, 0.6) is 0 Å². The van der Waals surface area contributed by atoms with E-state index in [1.165, 1.54) is 0 Å². The molecule has 1 unspecified atom stereocenters. The van der Waals surface area contributed by atoms with Crippen LogP contribution >= 0.6 is 0 Å². The van der Waals surface area contributed by atoms with E-state index >= 15 is 0 Å². The first kappa shape index (κ1) is 15.7. The van der Waals surface area contributed by atoms with Gasteiger partial charge in [-0.05, 0) is 19.4 Å². The van der Waals surface area contributed by atoms with E-state index in [1.54, 1.807) is 5.32 Å². The smallest absolute Gasteiger partial charge is 0.241 e. The lowest BCUT2D eigenvalue weighted by Gasteiger charge is -2.16. The van der Waals surface area contributed by atoms with Gasteiger partial charge in [0.15, 0.2) is 23.3 Å². The number of hydrogen-bond acceptors (Lipinski definition) is 2. The van der Waals surface area contributed by atoms with Gasteiger partial charge in [0.05, 0.1) is 6.04 Å². The highest BCUT2D eigenvalue weighted by atomic mass is 19.2. The number of benzene rings is 1. The van der Waals surface area contributed by atoms with Gasteiger partial charge in [-0.15, -0.1) is 0 Å². The van der Waals surface area contributed by atoms with Crippen LogP contribution < -0.4 is 10.6 Å². The summed E-state index contributed by atoms with van der Waals surface area (Å²) >= 11 is 0. The number of carbonyl (C=O) groups excluding carboxylic acids is 1. The Hall–Kier alpha value is -1.70. The number of nitrogens with one attached hydrogen (secondary N) is 2. The van der Waals surface area contributed by atoms with E-state index in [1.807, 2.05) is 0 Å². The number of hydrogen-bond donors (Lipinski definition) is 2. The monoisotopic (exact) mass is 308 g/mol. The Kier molecular flexibility index (Phi) is 4.76. The molecule has 1 saturated heterocycles. The minimum atomic E-state index is -2.25. The van der Waals surface area contributed by atoms with Crippen LogP contribution in [0.2, 0.25) is 0 Å². The summed E-state index contributed by atoms with van der Waals surface area (Å²) in [6, 6.07) is -0.720. The fourth-order valence-electron chi connectivity index (χ4n) is 2.18. The van der Waals surface area contributed by atoms with Crippen LogP contribution in [-0.4, -0.2) is 18.5 Å². The Morgan fingerprint density at radius 1 is 0.905 bits per heavy atom. The first-order chi connectivity index (χ1) is 9.93. The molecule has 1 aromatic rings. The predicted molar refractivity (Wildman–Crippen MR) is 65.1 cm³/mol. The third-order valence-electron chi connectivity index (χ3n) is 3.33. The summed E-state index contributed by atoms with van der Waals surface area (Å²) in [7, 11) is 0. The van der Waals surface area contributed by atoms with Gasteiger partial charge in [-0.25, -0.2) is 22.0 Å². The zero-order valence-corrected chi connectivity index (χ0v) is 10.9. The van der Waals surface area contributed by atoms with Crippen molar-refractivity contribution >= 4 is 11.6 Å². The molecule has 0 aromatic heterocycles. The highest BCUT2D eigenvalue weighted by Crippen LogP contribution is 2.27. The van der Waals surface area contributed by atoms with E-state index in [4.69, 9.17) is 0 Å². The Morgan fingerprint density at radius 3 is 2.10 bits per heavy atom. The van der Waals surface area contributed by atoms with Gasteiger partial charge in [0.1, 0.15) is 5.69 Å². The quantitative estimate of drug-likeness (QED) is 0.501. The third-order valence-corrected chi connectivity index (χ3v) is 3.33. The topological polar surface area (TPSA) is 41.1 Å². The van der Waals surface area contributed by atoms with Crippen molar-refractivity contribution in [1.82, 2.24) is 5.32 Å². The van der Waals surface area contributed by atoms with Crippen molar-refractivity contribution in [2.45, 2.75) is 31.7 Å². The molecule has 1 aliphatic heterocycles. The molecule has 1 atom stereocenters. The fraction of sp³-hybridized carbons (Fsp3) is 0.462. The van der Waals surface area contributed by atoms with E-state index in [-0.39, 0.29) is 0 Å². The van der Waals surface area contributed by atoms with Gasteiger partial charge < -0.3 is 10.6 Å². The normalized spacial score (nSPS) is 19.2. The Labute approximate surface area is 117 Å². The van der Waals surface area contributed by atoms with Crippen molar-refractivity contribution in [2.75, 3.05) is 11.9 Å². The molecular formula is C13H13F5N2O. The van der Waals surface area contributed by atoms with E-state index < -0.39 is 46.7 Å². The zero-order valence-electron chi connectivity index (χ0n) is 10.9. The largest absolute Gasteiger partial charge is 0.320 e. The average molecular weight is 308 g/mol. The van der Waals surface area contributed by atoms with Crippen LogP contribution in [0.25, 0.3) is 0 Å². The summed E-state index contributed by atoms with van der Waals surface area (Å²) in [6.45, 7) is 0.551. The Balaban J connectivity index is 2.25. The molecule has 3 nitrogen and oxygen atoms in total. The molecule has 2 N–H and O–H groups in total. The number of rotatable bonds is 2. The molecule has 0 spiro atoms. The van der Waals surface area contributed by atoms with Crippen LogP contribution in [0.3, 0.4) is 0 Å². The second kappa shape index (κ2) is 6.38. The molecule has 1 heterocycles. The predicted octanol–water partition coefficient (Wildman–Crippen LogP) is 2.85. The van der Waals surface area contributed by atoms with Gasteiger partial charge in [0.2, 0.25) is 11.7 Å². The van der Waals surface area contributed by atoms with E-state index in [9.17, 15) is 26.7 Å². The second-order valence-corrected chi connectivity index (χ2v) is 4.79. The molecule has 116 valence electrons. The van der Waals surface area contributed by atoms with Crippen LogP contribution in [0, 0.1) is 29.1 Å². The molecule has 0 saturated carbocycles. The van der Waals surface area contributed by atoms with Crippen LogP contribution in [0.15, 0.2) is 0 Å². The summed E-state index contributed by atoms with van der Waals surface area (Å²) in [4.78, 5) is 11.9. The number of carbonyl (C=O) groups is 1. The maximum Gasteiger partial charge on any atom is 0.241 e. The van der Waals surface area contributed by atoms with E-state index in [2.05, 4.69) is 5.32 Å². The van der Waals surface area contributed by atoms with Gasteiger partial charge in [-0.1, -0.05) is 12.8 Å². The Morgan fingerprint density at radius 2 is 1.48 bits per heavy atom. The maximum atomic E-state index is 13.5. The molecule has 1 fully saturated rings. The molecule has 8 heteroatoms. The van der Waals surface area contributed by atoms with E-state index in [0.29, 0.717) is 13.0 Å². The molecule has 1 aromatic carbocycles. The lowest BCUT2D eigenvalue weighted by molar-refractivity contribution is -0.118. The van der Waals surface area contributed by atoms with Crippen molar-refractivity contribution < 1.29 is 26.7 Å². The summed E-state index contributed by atoms with van der Waals surface area (Å²) < 4.78 is 65.9. The molecule has 0 aliphatic carbocycles. The fourth-order valence-corrected chi connectivity index (χ4v) is 2.18. The molecule has 2 rings (SSSR count). The van der Waals surface area contributed by atoms with Crippen molar-refractivity contribution in [3.05, 3.63) is 29.1 Å². The molecule has 0 radical (unpaired) electrons. The minimum Gasteiger partial charge on any atom is -0.320 e. The molecule has 1 aliphatic rings. The third kappa shape index (κ3) is 3.15. The molecular weight excluding hydrogens is 295 g/mol.